The first-order valence-corrected chi connectivity index (χ1v) is 5.74. The Morgan fingerprint density at radius 2 is 2.50 bits per heavy atom. The van der Waals surface area contributed by atoms with Gasteiger partial charge in [-0.05, 0) is 14.0 Å². The van der Waals surface area contributed by atoms with Crippen molar-refractivity contribution in [1.29, 1.82) is 0 Å². The second-order valence-electron chi connectivity index (χ2n) is 3.40. The highest BCUT2D eigenvalue weighted by atomic mass is 32.1. The van der Waals surface area contributed by atoms with Crippen molar-refractivity contribution in [1.82, 2.24) is 9.88 Å². The monoisotopic (exact) mass is 229 g/mol. The molecule has 1 aromatic rings. The first-order chi connectivity index (χ1) is 6.59. The molecule has 0 aromatic carbocycles. The van der Waals surface area contributed by atoms with Gasteiger partial charge in [0.1, 0.15) is 0 Å². The molecular formula is C9H15N3S2. The van der Waals surface area contributed by atoms with E-state index in [9.17, 15) is 0 Å². The number of rotatable bonds is 5. The van der Waals surface area contributed by atoms with Gasteiger partial charge < -0.3 is 5.73 Å². The lowest BCUT2D eigenvalue weighted by Gasteiger charge is -2.23. The van der Waals surface area contributed by atoms with Gasteiger partial charge >= 0.3 is 0 Å². The molecule has 1 unspecified atom stereocenters. The molecule has 0 bridgehead atoms. The second-order valence-corrected chi connectivity index (χ2v) is 4.90. The maximum absolute atomic E-state index is 5.50. The van der Waals surface area contributed by atoms with Crippen molar-refractivity contribution in [3.05, 3.63) is 16.6 Å². The van der Waals surface area contributed by atoms with E-state index in [1.807, 2.05) is 11.7 Å². The number of nitrogens with zero attached hydrogens (tertiary/aromatic N) is 2. The fourth-order valence-electron chi connectivity index (χ4n) is 1.17. The largest absolute Gasteiger partial charge is 0.393 e. The van der Waals surface area contributed by atoms with E-state index < -0.39 is 0 Å². The van der Waals surface area contributed by atoms with Gasteiger partial charge in [-0.25, -0.2) is 0 Å². The van der Waals surface area contributed by atoms with Gasteiger partial charge in [-0.1, -0.05) is 12.2 Å². The topological polar surface area (TPSA) is 42.1 Å². The lowest BCUT2D eigenvalue weighted by Crippen LogP contribution is -2.31. The van der Waals surface area contributed by atoms with Crippen LogP contribution in [0.25, 0.3) is 0 Å². The smallest absolute Gasteiger partial charge is 0.0794 e. The average Bonchev–Trinajstić information content (AvgIpc) is 2.55. The molecule has 0 aliphatic heterocycles. The zero-order valence-corrected chi connectivity index (χ0v) is 10.1. The summed E-state index contributed by atoms with van der Waals surface area (Å²) in [6, 6.07) is 0.384. The molecule has 0 radical (unpaired) electrons. The van der Waals surface area contributed by atoms with Crippen LogP contribution < -0.4 is 5.73 Å². The molecule has 0 saturated carbocycles. The highest BCUT2D eigenvalue weighted by molar-refractivity contribution is 7.80. The van der Waals surface area contributed by atoms with E-state index in [-0.39, 0.29) is 0 Å². The molecule has 0 saturated heterocycles. The van der Waals surface area contributed by atoms with Crippen LogP contribution in [0.5, 0.6) is 0 Å². The van der Waals surface area contributed by atoms with E-state index in [4.69, 9.17) is 18.0 Å². The molecule has 0 aliphatic rings. The molecule has 3 nitrogen and oxygen atoms in total. The van der Waals surface area contributed by atoms with Gasteiger partial charge in [-0.15, -0.1) is 11.3 Å². The summed E-state index contributed by atoms with van der Waals surface area (Å²) in [6.45, 7) is 3.04. The van der Waals surface area contributed by atoms with Gasteiger partial charge in [0.05, 0.1) is 10.5 Å². The lowest BCUT2D eigenvalue weighted by atomic mass is 10.2. The molecule has 1 rings (SSSR count). The molecule has 5 heteroatoms. The second kappa shape index (κ2) is 5.38. The minimum Gasteiger partial charge on any atom is -0.393 e. The maximum Gasteiger partial charge on any atom is 0.0794 e. The van der Waals surface area contributed by atoms with E-state index >= 15 is 0 Å². The van der Waals surface area contributed by atoms with Crippen LogP contribution in [0.1, 0.15) is 18.2 Å². The minimum atomic E-state index is 0.384. The van der Waals surface area contributed by atoms with Crippen molar-refractivity contribution in [2.45, 2.75) is 25.9 Å². The molecule has 0 aliphatic carbocycles. The van der Waals surface area contributed by atoms with Crippen molar-refractivity contribution in [2.24, 2.45) is 5.73 Å². The quantitative estimate of drug-likeness (QED) is 0.779. The number of hydrogen-bond acceptors (Lipinski definition) is 4. The van der Waals surface area contributed by atoms with Crippen molar-refractivity contribution in [3.63, 3.8) is 0 Å². The fourth-order valence-corrected chi connectivity index (χ4v) is 2.07. The van der Waals surface area contributed by atoms with Gasteiger partial charge in [0.15, 0.2) is 0 Å². The molecule has 1 aromatic heterocycles. The van der Waals surface area contributed by atoms with E-state index in [1.54, 1.807) is 11.3 Å². The van der Waals surface area contributed by atoms with E-state index in [0.717, 1.165) is 13.0 Å². The number of aromatic nitrogens is 1. The summed E-state index contributed by atoms with van der Waals surface area (Å²) in [7, 11) is 2.07. The molecule has 1 heterocycles. The third kappa shape index (κ3) is 3.69. The molecule has 78 valence electrons. The summed E-state index contributed by atoms with van der Waals surface area (Å²) in [6.07, 6.45) is 2.67. The van der Waals surface area contributed by atoms with Crippen molar-refractivity contribution in [2.75, 3.05) is 7.05 Å². The molecule has 0 fully saturated rings. The standard InChI is InChI=1S/C9H15N3S2/c1-7(3-9(10)13)12(2)5-8-4-11-6-14-8/h4,6-7H,3,5H2,1-2H3,(H2,10,13). The first-order valence-electron chi connectivity index (χ1n) is 4.45. The molecule has 14 heavy (non-hydrogen) atoms. The van der Waals surface area contributed by atoms with Crippen LogP contribution in [-0.4, -0.2) is 28.0 Å². The van der Waals surface area contributed by atoms with Gasteiger partial charge in [0, 0.05) is 30.1 Å². The van der Waals surface area contributed by atoms with E-state index in [2.05, 4.69) is 23.9 Å². The summed E-state index contributed by atoms with van der Waals surface area (Å²) in [5.41, 5.74) is 7.35. The number of hydrogen-bond donors (Lipinski definition) is 1. The van der Waals surface area contributed by atoms with E-state index in [1.165, 1.54) is 4.88 Å². The van der Waals surface area contributed by atoms with Crippen LogP contribution >= 0.6 is 23.6 Å². The third-order valence-electron chi connectivity index (χ3n) is 2.14. The Bertz CT molecular complexity index is 284. The molecule has 0 amide bonds. The summed E-state index contributed by atoms with van der Waals surface area (Å²) in [5, 5.41) is 0. The summed E-state index contributed by atoms with van der Waals surface area (Å²) < 4.78 is 0. The van der Waals surface area contributed by atoms with E-state index in [0.29, 0.717) is 11.0 Å². The summed E-state index contributed by atoms with van der Waals surface area (Å²) in [5.74, 6) is 0. The van der Waals surface area contributed by atoms with Crippen LogP contribution in [0.3, 0.4) is 0 Å². The van der Waals surface area contributed by atoms with Crippen LogP contribution in [0.2, 0.25) is 0 Å². The summed E-state index contributed by atoms with van der Waals surface area (Å²) in [4.78, 5) is 8.11. The molecule has 2 N–H and O–H groups in total. The first kappa shape index (κ1) is 11.6. The Morgan fingerprint density at radius 3 is 3.00 bits per heavy atom. The zero-order chi connectivity index (χ0) is 10.6. The Labute approximate surface area is 93.9 Å². The third-order valence-corrected chi connectivity index (χ3v) is 3.07. The van der Waals surface area contributed by atoms with Gasteiger partial charge in [0.2, 0.25) is 0 Å². The van der Waals surface area contributed by atoms with Crippen molar-refractivity contribution in [3.8, 4) is 0 Å². The highest BCUT2D eigenvalue weighted by Crippen LogP contribution is 2.11. The van der Waals surface area contributed by atoms with Crippen LogP contribution in [0, 0.1) is 0 Å². The van der Waals surface area contributed by atoms with Gasteiger partial charge in [-0.3, -0.25) is 9.88 Å². The number of thiazole rings is 1. The van der Waals surface area contributed by atoms with Gasteiger partial charge in [-0.2, -0.15) is 0 Å². The predicted molar refractivity (Wildman–Crippen MR) is 64.4 cm³/mol. The summed E-state index contributed by atoms with van der Waals surface area (Å²) >= 11 is 6.55. The minimum absolute atomic E-state index is 0.384. The van der Waals surface area contributed by atoms with Crippen LogP contribution in [0.4, 0.5) is 0 Å². The Balaban J connectivity index is 2.41. The number of nitrogens with two attached hydrogens (primary N) is 1. The average molecular weight is 229 g/mol. The van der Waals surface area contributed by atoms with Crippen LogP contribution in [0.15, 0.2) is 11.7 Å². The normalized spacial score (nSPS) is 13.1. The Hall–Kier alpha value is -0.520. The maximum atomic E-state index is 5.50. The Kier molecular flexibility index (Phi) is 4.44. The molecular weight excluding hydrogens is 214 g/mol. The lowest BCUT2D eigenvalue weighted by molar-refractivity contribution is 0.257. The van der Waals surface area contributed by atoms with Crippen molar-refractivity contribution < 1.29 is 0 Å². The van der Waals surface area contributed by atoms with Gasteiger partial charge in [0.25, 0.3) is 0 Å². The molecule has 1 atom stereocenters. The highest BCUT2D eigenvalue weighted by Gasteiger charge is 2.10. The SMILES string of the molecule is CC(CC(N)=S)N(C)Cc1cncs1. The Morgan fingerprint density at radius 1 is 1.79 bits per heavy atom. The zero-order valence-electron chi connectivity index (χ0n) is 8.43. The van der Waals surface area contributed by atoms with Crippen molar-refractivity contribution >= 4 is 28.5 Å². The number of thiocarbonyl (C=S) groups is 1. The van der Waals surface area contributed by atoms with Crippen LogP contribution in [-0.2, 0) is 6.54 Å². The predicted octanol–water partition coefficient (Wildman–Crippen LogP) is 1.64. The molecule has 0 spiro atoms. The fraction of sp³-hybridized carbons (Fsp3) is 0.556.